The van der Waals surface area contributed by atoms with Crippen LogP contribution in [0.15, 0.2) is 43.4 Å². The summed E-state index contributed by atoms with van der Waals surface area (Å²) in [5.41, 5.74) is 2.10. The highest BCUT2D eigenvalue weighted by Gasteiger charge is 2.02. The van der Waals surface area contributed by atoms with Crippen LogP contribution in [-0.2, 0) is 6.54 Å². The van der Waals surface area contributed by atoms with Crippen molar-refractivity contribution in [3.05, 3.63) is 48.9 Å². The number of pyridine rings is 1. The maximum Gasteiger partial charge on any atom is 0.155 e. The smallest absolute Gasteiger partial charge is 0.155 e. The Hall–Kier alpha value is -2.70. The summed E-state index contributed by atoms with van der Waals surface area (Å²) in [6.07, 6.45) is 8.82. The third-order valence-electron chi connectivity index (χ3n) is 3.08. The third-order valence-corrected chi connectivity index (χ3v) is 3.08. The minimum absolute atomic E-state index is 0.377. The van der Waals surface area contributed by atoms with Gasteiger partial charge in [0, 0.05) is 24.3 Å². The number of hydrogen-bond donors (Lipinski definition) is 1. The predicted molar refractivity (Wildman–Crippen MR) is 79.1 cm³/mol. The number of rotatable bonds is 5. The van der Waals surface area contributed by atoms with Gasteiger partial charge in [0.1, 0.15) is 12.7 Å². The zero-order valence-corrected chi connectivity index (χ0v) is 12.0. The van der Waals surface area contributed by atoms with Crippen molar-refractivity contribution in [2.75, 3.05) is 5.32 Å². The molecule has 0 radical (unpaired) electrons. The summed E-state index contributed by atoms with van der Waals surface area (Å²) in [4.78, 5) is 8.24. The molecular formula is C14H17N7. The molecule has 0 saturated heterocycles. The Morgan fingerprint density at radius 2 is 2.10 bits per heavy atom. The first-order chi connectivity index (χ1) is 10.2. The van der Waals surface area contributed by atoms with Gasteiger partial charge in [0.15, 0.2) is 5.82 Å². The van der Waals surface area contributed by atoms with Crippen LogP contribution >= 0.6 is 0 Å². The van der Waals surface area contributed by atoms with E-state index in [4.69, 9.17) is 0 Å². The zero-order valence-electron chi connectivity index (χ0n) is 12.0. The number of anilines is 1. The topological polar surface area (TPSA) is 73.5 Å². The van der Waals surface area contributed by atoms with E-state index in [2.05, 4.69) is 45.5 Å². The van der Waals surface area contributed by atoms with Crippen molar-refractivity contribution in [1.82, 2.24) is 29.5 Å². The molecule has 0 aromatic carbocycles. The van der Waals surface area contributed by atoms with Gasteiger partial charge >= 0.3 is 0 Å². The van der Waals surface area contributed by atoms with E-state index in [0.717, 1.165) is 23.6 Å². The normalized spacial score (nSPS) is 11.0. The summed E-state index contributed by atoms with van der Waals surface area (Å²) in [5.74, 6) is 0.741. The number of aromatic nitrogens is 6. The van der Waals surface area contributed by atoms with Crippen molar-refractivity contribution in [2.24, 2.45) is 0 Å². The number of hydrogen-bond acceptors (Lipinski definition) is 5. The Morgan fingerprint density at radius 1 is 1.19 bits per heavy atom. The molecular weight excluding hydrogens is 266 g/mol. The Bertz CT molecular complexity index is 682. The van der Waals surface area contributed by atoms with Crippen LogP contribution < -0.4 is 5.32 Å². The molecule has 3 heterocycles. The van der Waals surface area contributed by atoms with Gasteiger partial charge in [-0.25, -0.2) is 14.6 Å². The van der Waals surface area contributed by atoms with E-state index >= 15 is 0 Å². The second kappa shape index (κ2) is 5.74. The first-order valence-electron chi connectivity index (χ1n) is 6.80. The SMILES string of the molecule is CC(C)n1cc(CNc2ccc(-n3cncn3)nc2)cn1. The maximum absolute atomic E-state index is 4.34. The van der Waals surface area contributed by atoms with E-state index in [1.807, 2.05) is 23.0 Å². The van der Waals surface area contributed by atoms with E-state index in [0.29, 0.717) is 6.04 Å². The van der Waals surface area contributed by atoms with E-state index < -0.39 is 0 Å². The molecule has 108 valence electrons. The Morgan fingerprint density at radius 3 is 2.71 bits per heavy atom. The van der Waals surface area contributed by atoms with Crippen molar-refractivity contribution in [2.45, 2.75) is 26.4 Å². The van der Waals surface area contributed by atoms with E-state index in [-0.39, 0.29) is 0 Å². The standard InChI is InChI=1S/C14H17N7/c1-11(2)20-8-12(6-18-20)5-16-13-3-4-14(17-7-13)21-10-15-9-19-21/h3-4,6-11,16H,5H2,1-2H3. The average Bonchev–Trinajstić information content (AvgIpc) is 3.17. The summed E-state index contributed by atoms with van der Waals surface area (Å²) in [6.45, 7) is 4.94. The van der Waals surface area contributed by atoms with Gasteiger partial charge in [-0.05, 0) is 26.0 Å². The van der Waals surface area contributed by atoms with Gasteiger partial charge in [0.05, 0.1) is 18.1 Å². The molecule has 3 aromatic heterocycles. The summed E-state index contributed by atoms with van der Waals surface area (Å²) < 4.78 is 3.57. The molecule has 0 aliphatic rings. The largest absolute Gasteiger partial charge is 0.380 e. The van der Waals surface area contributed by atoms with Gasteiger partial charge in [-0.3, -0.25) is 4.68 Å². The second-order valence-electron chi connectivity index (χ2n) is 5.02. The van der Waals surface area contributed by atoms with Crippen LogP contribution in [0, 0.1) is 0 Å². The lowest BCUT2D eigenvalue weighted by molar-refractivity contribution is 0.532. The van der Waals surface area contributed by atoms with Crippen LogP contribution in [0.1, 0.15) is 25.5 Å². The first kappa shape index (κ1) is 13.3. The molecule has 0 bridgehead atoms. The van der Waals surface area contributed by atoms with Crippen LogP contribution in [0.5, 0.6) is 0 Å². The van der Waals surface area contributed by atoms with Crippen LogP contribution in [0.3, 0.4) is 0 Å². The zero-order chi connectivity index (χ0) is 14.7. The van der Waals surface area contributed by atoms with Gasteiger partial charge in [-0.15, -0.1) is 0 Å². The van der Waals surface area contributed by atoms with Crippen molar-refractivity contribution in [3.63, 3.8) is 0 Å². The highest BCUT2D eigenvalue weighted by atomic mass is 15.3. The number of nitrogens with one attached hydrogen (secondary N) is 1. The predicted octanol–water partition coefficient (Wildman–Crippen LogP) is 2.05. The molecule has 0 amide bonds. The van der Waals surface area contributed by atoms with Crippen molar-refractivity contribution < 1.29 is 0 Å². The second-order valence-corrected chi connectivity index (χ2v) is 5.02. The lowest BCUT2D eigenvalue weighted by Crippen LogP contribution is -2.02. The number of nitrogens with zero attached hydrogens (tertiary/aromatic N) is 6. The van der Waals surface area contributed by atoms with Crippen molar-refractivity contribution in [1.29, 1.82) is 0 Å². The van der Waals surface area contributed by atoms with Crippen molar-refractivity contribution in [3.8, 4) is 5.82 Å². The van der Waals surface area contributed by atoms with Crippen molar-refractivity contribution >= 4 is 5.69 Å². The summed E-state index contributed by atoms with van der Waals surface area (Å²) in [7, 11) is 0. The van der Waals surface area contributed by atoms with Crippen LogP contribution in [0.2, 0.25) is 0 Å². The molecule has 21 heavy (non-hydrogen) atoms. The van der Waals surface area contributed by atoms with Gasteiger partial charge in [-0.2, -0.15) is 10.2 Å². The minimum Gasteiger partial charge on any atom is -0.380 e. The average molecular weight is 283 g/mol. The van der Waals surface area contributed by atoms with Crippen LogP contribution in [0.25, 0.3) is 5.82 Å². The Balaban J connectivity index is 1.62. The monoisotopic (exact) mass is 283 g/mol. The highest BCUT2D eigenvalue weighted by Crippen LogP contribution is 2.11. The maximum atomic E-state index is 4.34. The van der Waals surface area contributed by atoms with Gasteiger partial charge in [0.25, 0.3) is 0 Å². The molecule has 7 heteroatoms. The highest BCUT2D eigenvalue weighted by molar-refractivity contribution is 5.43. The fourth-order valence-electron chi connectivity index (χ4n) is 1.91. The van der Waals surface area contributed by atoms with E-state index in [9.17, 15) is 0 Å². The quantitative estimate of drug-likeness (QED) is 0.775. The molecule has 0 aliphatic heterocycles. The fraction of sp³-hybridized carbons (Fsp3) is 0.286. The molecule has 0 unspecified atom stereocenters. The van der Waals surface area contributed by atoms with Crippen LogP contribution in [0.4, 0.5) is 5.69 Å². The Kier molecular flexibility index (Phi) is 3.63. The third kappa shape index (κ3) is 3.07. The molecule has 1 N–H and O–H groups in total. The van der Waals surface area contributed by atoms with Gasteiger partial charge in [-0.1, -0.05) is 0 Å². The molecule has 0 atom stereocenters. The Labute approximate surface area is 122 Å². The lowest BCUT2D eigenvalue weighted by Gasteiger charge is -2.06. The fourth-order valence-corrected chi connectivity index (χ4v) is 1.91. The molecule has 0 fully saturated rings. The summed E-state index contributed by atoms with van der Waals surface area (Å²) >= 11 is 0. The summed E-state index contributed by atoms with van der Waals surface area (Å²) in [5, 5.41) is 11.7. The van der Waals surface area contributed by atoms with Gasteiger partial charge < -0.3 is 5.32 Å². The molecule has 7 nitrogen and oxygen atoms in total. The molecule has 3 aromatic rings. The minimum atomic E-state index is 0.377. The molecule has 0 spiro atoms. The lowest BCUT2D eigenvalue weighted by atomic mass is 10.3. The molecule has 0 aliphatic carbocycles. The molecule has 0 saturated carbocycles. The van der Waals surface area contributed by atoms with Gasteiger partial charge in [0.2, 0.25) is 0 Å². The van der Waals surface area contributed by atoms with E-state index in [1.165, 1.54) is 6.33 Å². The molecule has 3 rings (SSSR count). The van der Waals surface area contributed by atoms with Crippen LogP contribution in [-0.4, -0.2) is 29.5 Å². The first-order valence-corrected chi connectivity index (χ1v) is 6.80. The summed E-state index contributed by atoms with van der Waals surface area (Å²) in [6, 6.07) is 4.24. The van der Waals surface area contributed by atoms with E-state index in [1.54, 1.807) is 17.2 Å².